The molecule has 5 nitrogen and oxygen atoms in total. The van der Waals surface area contributed by atoms with Crippen molar-refractivity contribution < 1.29 is 14.6 Å². The third kappa shape index (κ3) is 3.58. The van der Waals surface area contributed by atoms with Gasteiger partial charge in [0, 0.05) is 0 Å². The Hall–Kier alpha value is -1.62. The Morgan fingerprint density at radius 2 is 2.00 bits per heavy atom. The summed E-state index contributed by atoms with van der Waals surface area (Å²) in [7, 11) is 3.14. The topological polar surface area (TPSA) is 63.4 Å². The molecule has 0 saturated heterocycles. The smallest absolute Gasteiger partial charge is 0.215 e. The predicted octanol–water partition coefficient (Wildman–Crippen LogP) is 2.76. The summed E-state index contributed by atoms with van der Waals surface area (Å²) in [6, 6.07) is -0.204. The van der Waals surface area contributed by atoms with Gasteiger partial charge in [0.2, 0.25) is 11.8 Å². The van der Waals surface area contributed by atoms with E-state index in [0.29, 0.717) is 18.2 Å². The number of aliphatic imine (C=N–C) groups is 2. The Labute approximate surface area is 133 Å². The Morgan fingerprint density at radius 3 is 2.45 bits per heavy atom. The van der Waals surface area contributed by atoms with Crippen LogP contribution in [0.3, 0.4) is 0 Å². The summed E-state index contributed by atoms with van der Waals surface area (Å²) in [5.41, 5.74) is -0.976. The minimum atomic E-state index is -0.976. The normalized spacial score (nSPS) is 26.0. The molecular formula is C17H28N2O3. The second-order valence-corrected chi connectivity index (χ2v) is 5.77. The standard InChI is InChI=1S/C17H28N2O3/c1-7-9-10-11-17(13(20)8-2)16(22-6)18-14(12(3)4)15(19-17)21-5/h7-8,12-14,20H,1-2,9-11H2,3-6H3. The molecule has 1 aliphatic rings. The molecule has 1 heterocycles. The van der Waals surface area contributed by atoms with Crippen LogP contribution in [0.15, 0.2) is 35.3 Å². The predicted molar refractivity (Wildman–Crippen MR) is 90.5 cm³/mol. The third-order valence-corrected chi connectivity index (χ3v) is 3.90. The van der Waals surface area contributed by atoms with E-state index in [2.05, 4.69) is 18.2 Å². The molecule has 0 aromatic carbocycles. The zero-order valence-corrected chi connectivity index (χ0v) is 14.1. The number of nitrogens with zero attached hydrogens (tertiary/aromatic N) is 2. The molecule has 124 valence electrons. The van der Waals surface area contributed by atoms with Crippen LogP contribution in [0.1, 0.15) is 33.1 Å². The molecule has 0 aromatic rings. The van der Waals surface area contributed by atoms with Gasteiger partial charge in [0.25, 0.3) is 0 Å². The molecule has 22 heavy (non-hydrogen) atoms. The Morgan fingerprint density at radius 1 is 1.32 bits per heavy atom. The lowest BCUT2D eigenvalue weighted by atomic mass is 9.84. The van der Waals surface area contributed by atoms with Crippen molar-refractivity contribution in [3.63, 3.8) is 0 Å². The summed E-state index contributed by atoms with van der Waals surface area (Å²) >= 11 is 0. The van der Waals surface area contributed by atoms with Gasteiger partial charge in [-0.3, -0.25) is 0 Å². The van der Waals surface area contributed by atoms with E-state index in [4.69, 9.17) is 14.5 Å². The average Bonchev–Trinajstić information content (AvgIpc) is 2.53. The van der Waals surface area contributed by atoms with Crippen molar-refractivity contribution in [2.45, 2.75) is 50.8 Å². The fraction of sp³-hybridized carbons (Fsp3) is 0.647. The number of ether oxygens (including phenoxy) is 2. The van der Waals surface area contributed by atoms with Crippen molar-refractivity contribution in [2.75, 3.05) is 14.2 Å². The maximum atomic E-state index is 10.5. The van der Waals surface area contributed by atoms with Crippen LogP contribution in [0.5, 0.6) is 0 Å². The molecule has 0 bridgehead atoms. The van der Waals surface area contributed by atoms with Crippen LogP contribution in [0.25, 0.3) is 0 Å². The quantitative estimate of drug-likeness (QED) is 0.581. The van der Waals surface area contributed by atoms with Gasteiger partial charge < -0.3 is 14.6 Å². The number of hydrogen-bond acceptors (Lipinski definition) is 5. The molecule has 1 N–H and O–H groups in total. The molecule has 0 amide bonds. The van der Waals surface area contributed by atoms with Gasteiger partial charge >= 0.3 is 0 Å². The number of methoxy groups -OCH3 is 2. The SMILES string of the molecule is C=CCCCC1(C(O)C=C)N=C(OC)C(C(C)C)N=C1OC. The highest BCUT2D eigenvalue weighted by Gasteiger charge is 2.47. The highest BCUT2D eigenvalue weighted by molar-refractivity contribution is 5.97. The van der Waals surface area contributed by atoms with Gasteiger partial charge in [0.1, 0.15) is 12.1 Å². The van der Waals surface area contributed by atoms with E-state index < -0.39 is 11.6 Å². The van der Waals surface area contributed by atoms with Crippen LogP contribution in [0.2, 0.25) is 0 Å². The molecule has 3 atom stereocenters. The van der Waals surface area contributed by atoms with Crippen LogP contribution >= 0.6 is 0 Å². The molecule has 3 unspecified atom stereocenters. The highest BCUT2D eigenvalue weighted by Crippen LogP contribution is 2.33. The first kappa shape index (κ1) is 18.4. The molecule has 5 heteroatoms. The summed E-state index contributed by atoms with van der Waals surface area (Å²) < 4.78 is 10.9. The molecule has 0 aromatic heterocycles. The van der Waals surface area contributed by atoms with Gasteiger partial charge in [-0.2, -0.15) is 0 Å². The molecule has 0 aliphatic carbocycles. The van der Waals surface area contributed by atoms with Crippen LogP contribution in [0, 0.1) is 5.92 Å². The first-order valence-corrected chi connectivity index (χ1v) is 7.64. The summed E-state index contributed by atoms with van der Waals surface area (Å²) in [6.45, 7) is 11.5. The molecule has 1 rings (SSSR count). The lowest BCUT2D eigenvalue weighted by Crippen LogP contribution is -2.53. The highest BCUT2D eigenvalue weighted by atomic mass is 16.5. The van der Waals surface area contributed by atoms with E-state index in [1.54, 1.807) is 14.2 Å². The number of allylic oxidation sites excluding steroid dienone is 1. The second-order valence-electron chi connectivity index (χ2n) is 5.77. The maximum Gasteiger partial charge on any atom is 0.215 e. The van der Waals surface area contributed by atoms with Crippen molar-refractivity contribution >= 4 is 11.8 Å². The van der Waals surface area contributed by atoms with Crippen molar-refractivity contribution in [1.82, 2.24) is 0 Å². The molecule has 0 spiro atoms. The number of aliphatic hydroxyl groups excluding tert-OH is 1. The average molecular weight is 308 g/mol. The van der Waals surface area contributed by atoms with E-state index in [1.165, 1.54) is 6.08 Å². The summed E-state index contributed by atoms with van der Waals surface area (Å²) in [5, 5.41) is 10.5. The summed E-state index contributed by atoms with van der Waals surface area (Å²) in [6.07, 6.45) is 4.64. The van der Waals surface area contributed by atoms with Crippen molar-refractivity contribution in [2.24, 2.45) is 15.9 Å². The first-order chi connectivity index (χ1) is 10.5. The Bertz CT molecular complexity index is 457. The van der Waals surface area contributed by atoms with Crippen LogP contribution < -0.4 is 0 Å². The fourth-order valence-corrected chi connectivity index (χ4v) is 2.65. The third-order valence-electron chi connectivity index (χ3n) is 3.90. The zero-order valence-electron chi connectivity index (χ0n) is 14.1. The van der Waals surface area contributed by atoms with Crippen molar-refractivity contribution in [1.29, 1.82) is 0 Å². The molecule has 0 fully saturated rings. The van der Waals surface area contributed by atoms with Gasteiger partial charge in [-0.15, -0.1) is 13.2 Å². The van der Waals surface area contributed by atoms with E-state index in [0.717, 1.165) is 12.8 Å². The fourth-order valence-electron chi connectivity index (χ4n) is 2.65. The van der Waals surface area contributed by atoms with Crippen LogP contribution in [0.4, 0.5) is 0 Å². The van der Waals surface area contributed by atoms with E-state index in [-0.39, 0.29) is 12.0 Å². The van der Waals surface area contributed by atoms with Crippen LogP contribution in [-0.4, -0.2) is 48.8 Å². The Balaban J connectivity index is 3.31. The number of hydrogen-bond donors (Lipinski definition) is 1. The lowest BCUT2D eigenvalue weighted by Gasteiger charge is -2.38. The molecule has 1 aliphatic heterocycles. The first-order valence-electron chi connectivity index (χ1n) is 7.64. The van der Waals surface area contributed by atoms with Gasteiger partial charge in [-0.1, -0.05) is 26.0 Å². The van der Waals surface area contributed by atoms with Crippen LogP contribution in [-0.2, 0) is 9.47 Å². The monoisotopic (exact) mass is 308 g/mol. The van der Waals surface area contributed by atoms with Crippen molar-refractivity contribution in [3.05, 3.63) is 25.3 Å². The second kappa shape index (κ2) is 8.13. The largest absolute Gasteiger partial charge is 0.483 e. The lowest BCUT2D eigenvalue weighted by molar-refractivity contribution is 0.135. The van der Waals surface area contributed by atoms with Gasteiger partial charge in [-0.25, -0.2) is 9.98 Å². The van der Waals surface area contributed by atoms with E-state index >= 15 is 0 Å². The number of aliphatic hydroxyl groups is 1. The van der Waals surface area contributed by atoms with E-state index in [9.17, 15) is 5.11 Å². The molecular weight excluding hydrogens is 280 g/mol. The molecule has 0 saturated carbocycles. The van der Waals surface area contributed by atoms with Gasteiger partial charge in [0.05, 0.1) is 14.2 Å². The summed E-state index contributed by atoms with van der Waals surface area (Å²) in [4.78, 5) is 9.37. The zero-order chi connectivity index (χ0) is 16.8. The number of rotatable bonds is 7. The molecule has 0 radical (unpaired) electrons. The van der Waals surface area contributed by atoms with Crippen molar-refractivity contribution in [3.8, 4) is 0 Å². The van der Waals surface area contributed by atoms with Gasteiger partial charge in [0.15, 0.2) is 5.54 Å². The summed E-state index contributed by atoms with van der Waals surface area (Å²) in [5.74, 6) is 1.18. The Kier molecular flexibility index (Phi) is 6.81. The number of unbranched alkanes of at least 4 members (excludes halogenated alkanes) is 1. The van der Waals surface area contributed by atoms with Gasteiger partial charge in [-0.05, 0) is 25.2 Å². The minimum Gasteiger partial charge on any atom is -0.483 e. The maximum absolute atomic E-state index is 10.5. The minimum absolute atomic E-state index is 0.204. The van der Waals surface area contributed by atoms with E-state index in [1.807, 2.05) is 19.9 Å².